The van der Waals surface area contributed by atoms with Crippen molar-refractivity contribution in [3.8, 4) is 6.07 Å². The van der Waals surface area contributed by atoms with Crippen molar-refractivity contribution >= 4 is 0 Å². The predicted molar refractivity (Wildman–Crippen MR) is 96.3 cm³/mol. The molecule has 0 spiro atoms. The van der Waals surface area contributed by atoms with E-state index in [1.54, 1.807) is 0 Å². The molecule has 0 aliphatic heterocycles. The molecule has 0 amide bonds. The van der Waals surface area contributed by atoms with Crippen LogP contribution in [-0.4, -0.2) is 48.2 Å². The van der Waals surface area contributed by atoms with Gasteiger partial charge in [0.25, 0.3) is 0 Å². The zero-order valence-corrected chi connectivity index (χ0v) is 14.4. The lowest BCUT2D eigenvalue weighted by atomic mass is 10.1. The second-order valence-corrected chi connectivity index (χ2v) is 6.34. The Balaban J connectivity index is 1.76. The summed E-state index contributed by atoms with van der Waals surface area (Å²) in [6.07, 6.45) is -0.401. The molecule has 1 atom stereocenters. The Labute approximate surface area is 144 Å². The van der Waals surface area contributed by atoms with Crippen LogP contribution in [0.4, 0.5) is 0 Å². The van der Waals surface area contributed by atoms with Crippen LogP contribution in [0.5, 0.6) is 0 Å². The van der Waals surface area contributed by atoms with Crippen LogP contribution >= 0.6 is 0 Å². The van der Waals surface area contributed by atoms with E-state index in [1.807, 2.05) is 56.6 Å². The molecule has 24 heavy (non-hydrogen) atoms. The Bertz CT molecular complexity index is 649. The third kappa shape index (κ3) is 6.13. The summed E-state index contributed by atoms with van der Waals surface area (Å²) in [6, 6.07) is 20.0. The zero-order chi connectivity index (χ0) is 17.4. The Morgan fingerprint density at radius 3 is 1.88 bits per heavy atom. The van der Waals surface area contributed by atoms with Crippen LogP contribution in [0.1, 0.15) is 16.7 Å². The quantitative estimate of drug-likeness (QED) is 0.811. The molecule has 4 nitrogen and oxygen atoms in total. The molecule has 0 fully saturated rings. The SMILES string of the molecule is CN(Cc1ccccc1)CC(O)CN(C)Cc1ccc(C#N)cc1. The molecule has 0 aliphatic carbocycles. The van der Waals surface area contributed by atoms with Crippen LogP contribution < -0.4 is 0 Å². The van der Waals surface area contributed by atoms with Crippen LogP contribution in [0.2, 0.25) is 0 Å². The van der Waals surface area contributed by atoms with Gasteiger partial charge in [0.2, 0.25) is 0 Å². The maximum Gasteiger partial charge on any atom is 0.0991 e. The van der Waals surface area contributed by atoms with Gasteiger partial charge in [0, 0.05) is 26.2 Å². The average Bonchev–Trinajstić information content (AvgIpc) is 2.56. The molecule has 0 radical (unpaired) electrons. The number of hydrogen-bond donors (Lipinski definition) is 1. The van der Waals surface area contributed by atoms with Crippen LogP contribution in [0.3, 0.4) is 0 Å². The van der Waals surface area contributed by atoms with Crippen molar-refractivity contribution in [2.24, 2.45) is 0 Å². The molecule has 2 aromatic rings. The monoisotopic (exact) mass is 323 g/mol. The summed E-state index contributed by atoms with van der Waals surface area (Å²) in [6.45, 7) is 2.83. The third-order valence-corrected chi connectivity index (χ3v) is 3.88. The van der Waals surface area contributed by atoms with Crippen molar-refractivity contribution < 1.29 is 5.11 Å². The van der Waals surface area contributed by atoms with E-state index in [1.165, 1.54) is 5.56 Å². The first-order chi connectivity index (χ1) is 11.6. The van der Waals surface area contributed by atoms with Gasteiger partial charge in [-0.05, 0) is 37.4 Å². The molecule has 2 rings (SSSR count). The molecule has 0 aliphatic rings. The van der Waals surface area contributed by atoms with E-state index in [0.29, 0.717) is 18.7 Å². The zero-order valence-electron chi connectivity index (χ0n) is 14.4. The first-order valence-corrected chi connectivity index (χ1v) is 8.15. The van der Waals surface area contributed by atoms with E-state index in [0.717, 1.165) is 18.7 Å². The van der Waals surface area contributed by atoms with Gasteiger partial charge in [-0.3, -0.25) is 9.80 Å². The number of benzene rings is 2. The lowest BCUT2D eigenvalue weighted by Gasteiger charge is -2.25. The minimum Gasteiger partial charge on any atom is -0.390 e. The normalized spacial score (nSPS) is 12.3. The molecule has 0 aromatic heterocycles. The van der Waals surface area contributed by atoms with Crippen LogP contribution in [-0.2, 0) is 13.1 Å². The lowest BCUT2D eigenvalue weighted by Crippen LogP contribution is -2.37. The maximum atomic E-state index is 10.3. The first-order valence-electron chi connectivity index (χ1n) is 8.15. The molecule has 4 heteroatoms. The second-order valence-electron chi connectivity index (χ2n) is 6.34. The van der Waals surface area contributed by atoms with E-state index in [2.05, 4.69) is 28.0 Å². The molecular weight excluding hydrogens is 298 g/mol. The number of nitrogens with zero attached hydrogens (tertiary/aromatic N) is 3. The summed E-state index contributed by atoms with van der Waals surface area (Å²) in [7, 11) is 4.02. The minimum atomic E-state index is -0.401. The van der Waals surface area contributed by atoms with Gasteiger partial charge in [-0.1, -0.05) is 42.5 Å². The van der Waals surface area contributed by atoms with Crippen LogP contribution in [0, 0.1) is 11.3 Å². The highest BCUT2D eigenvalue weighted by molar-refractivity contribution is 5.31. The smallest absolute Gasteiger partial charge is 0.0991 e. The number of likely N-dealkylation sites (N-methyl/N-ethyl adjacent to an activating group) is 2. The second kappa shape index (κ2) is 9.19. The van der Waals surface area contributed by atoms with Crippen molar-refractivity contribution in [3.05, 3.63) is 71.3 Å². The number of hydrogen-bond acceptors (Lipinski definition) is 4. The summed E-state index contributed by atoms with van der Waals surface area (Å²) < 4.78 is 0. The number of nitriles is 1. The fourth-order valence-corrected chi connectivity index (χ4v) is 2.80. The van der Waals surface area contributed by atoms with Gasteiger partial charge in [-0.15, -0.1) is 0 Å². The molecule has 2 aromatic carbocycles. The van der Waals surface area contributed by atoms with E-state index in [-0.39, 0.29) is 0 Å². The topological polar surface area (TPSA) is 50.5 Å². The summed E-state index contributed by atoms with van der Waals surface area (Å²) in [5.74, 6) is 0. The Morgan fingerprint density at radius 2 is 1.38 bits per heavy atom. The van der Waals surface area contributed by atoms with Gasteiger partial charge in [0.1, 0.15) is 0 Å². The summed E-state index contributed by atoms with van der Waals surface area (Å²) in [5.41, 5.74) is 3.06. The Morgan fingerprint density at radius 1 is 0.875 bits per heavy atom. The first kappa shape index (κ1) is 18.2. The van der Waals surface area contributed by atoms with Gasteiger partial charge in [-0.25, -0.2) is 0 Å². The van der Waals surface area contributed by atoms with Crippen molar-refractivity contribution in [1.29, 1.82) is 5.26 Å². The van der Waals surface area contributed by atoms with Crippen molar-refractivity contribution in [2.75, 3.05) is 27.2 Å². The Hall–Kier alpha value is -2.19. The largest absolute Gasteiger partial charge is 0.390 e. The molecule has 0 saturated heterocycles. The van der Waals surface area contributed by atoms with Crippen molar-refractivity contribution in [1.82, 2.24) is 9.80 Å². The van der Waals surface area contributed by atoms with E-state index >= 15 is 0 Å². The molecule has 1 N–H and O–H groups in total. The molecule has 0 bridgehead atoms. The highest BCUT2D eigenvalue weighted by Crippen LogP contribution is 2.07. The molecule has 0 saturated carbocycles. The fourth-order valence-electron chi connectivity index (χ4n) is 2.80. The average molecular weight is 323 g/mol. The molecular formula is C20H25N3O. The van der Waals surface area contributed by atoms with Crippen molar-refractivity contribution in [2.45, 2.75) is 19.2 Å². The lowest BCUT2D eigenvalue weighted by molar-refractivity contribution is 0.0868. The molecule has 1 unspecified atom stereocenters. The van der Waals surface area contributed by atoms with E-state index in [9.17, 15) is 5.11 Å². The van der Waals surface area contributed by atoms with Gasteiger partial charge in [0.15, 0.2) is 0 Å². The summed E-state index contributed by atoms with van der Waals surface area (Å²) in [4.78, 5) is 4.23. The van der Waals surface area contributed by atoms with Gasteiger partial charge in [0.05, 0.1) is 17.7 Å². The standard InChI is InChI=1S/C20H25N3O/c1-22(13-18-6-4-3-5-7-18)15-20(24)16-23(2)14-19-10-8-17(12-21)9-11-19/h3-11,20,24H,13-16H2,1-2H3. The Kier molecular flexibility index (Phi) is 6.95. The van der Waals surface area contributed by atoms with E-state index in [4.69, 9.17) is 5.26 Å². The predicted octanol–water partition coefficient (Wildman–Crippen LogP) is 2.48. The molecule has 126 valence electrons. The highest BCUT2D eigenvalue weighted by atomic mass is 16.3. The number of aliphatic hydroxyl groups excluding tert-OH is 1. The van der Waals surface area contributed by atoms with Gasteiger partial charge < -0.3 is 5.11 Å². The highest BCUT2D eigenvalue weighted by Gasteiger charge is 2.12. The fraction of sp³-hybridized carbons (Fsp3) is 0.350. The maximum absolute atomic E-state index is 10.3. The summed E-state index contributed by atoms with van der Waals surface area (Å²) >= 11 is 0. The van der Waals surface area contributed by atoms with Crippen molar-refractivity contribution in [3.63, 3.8) is 0 Å². The minimum absolute atomic E-state index is 0.401. The van der Waals surface area contributed by atoms with Crippen LogP contribution in [0.15, 0.2) is 54.6 Å². The number of aliphatic hydroxyl groups is 1. The van der Waals surface area contributed by atoms with E-state index < -0.39 is 6.10 Å². The van der Waals surface area contributed by atoms with Gasteiger partial charge >= 0.3 is 0 Å². The van der Waals surface area contributed by atoms with Crippen LogP contribution in [0.25, 0.3) is 0 Å². The molecule has 0 heterocycles. The van der Waals surface area contributed by atoms with Gasteiger partial charge in [-0.2, -0.15) is 5.26 Å². The number of rotatable bonds is 8. The third-order valence-electron chi connectivity index (χ3n) is 3.88. The summed E-state index contributed by atoms with van der Waals surface area (Å²) in [5, 5.41) is 19.1.